The fourth-order valence-corrected chi connectivity index (χ4v) is 2.16. The van der Waals surface area contributed by atoms with Crippen LogP contribution in [0.15, 0.2) is 24.3 Å². The molecule has 86 valence electrons. The Bertz CT molecular complexity index is 615. The molecule has 0 unspecified atom stereocenters. The van der Waals surface area contributed by atoms with E-state index >= 15 is 0 Å². The second-order valence-electron chi connectivity index (χ2n) is 3.87. The Hall–Kier alpha value is -2.30. The van der Waals surface area contributed by atoms with Crippen LogP contribution in [0.25, 0.3) is 10.9 Å². The van der Waals surface area contributed by atoms with E-state index < -0.39 is 0 Å². The predicted molar refractivity (Wildman–Crippen MR) is 61.0 cm³/mol. The van der Waals surface area contributed by atoms with Crippen molar-refractivity contribution in [3.8, 4) is 5.75 Å². The average Bonchev–Trinajstić information content (AvgIpc) is 2.70. The number of carbonyl (C=O) groups excluding carboxylic acids is 2. The smallest absolute Gasteiger partial charge is 0.298 e. The van der Waals surface area contributed by atoms with E-state index in [0.717, 1.165) is 17.4 Å². The summed E-state index contributed by atoms with van der Waals surface area (Å²) < 4.78 is 6.74. The van der Waals surface area contributed by atoms with E-state index in [1.54, 1.807) is 12.1 Å². The minimum atomic E-state index is -0.0645. The van der Waals surface area contributed by atoms with Crippen molar-refractivity contribution in [1.29, 1.82) is 0 Å². The molecule has 0 spiro atoms. The number of aromatic nitrogens is 1. The zero-order valence-corrected chi connectivity index (χ0v) is 8.97. The molecule has 1 aromatic carbocycles. The topological polar surface area (TPSA) is 60.3 Å². The van der Waals surface area contributed by atoms with Gasteiger partial charge in [0.2, 0.25) is 0 Å². The molecule has 2 heterocycles. The molecule has 0 fully saturated rings. The normalized spacial score (nSPS) is 14.2. The van der Waals surface area contributed by atoms with Crippen molar-refractivity contribution in [2.24, 2.45) is 0 Å². The maximum Gasteiger partial charge on any atom is 0.298 e. The first-order valence-electron chi connectivity index (χ1n) is 5.31. The molecule has 1 aliphatic heterocycles. The van der Waals surface area contributed by atoms with Gasteiger partial charge in [-0.3, -0.25) is 9.59 Å². The largest absolute Gasteiger partial charge is 0.429 e. The third-order valence-electron chi connectivity index (χ3n) is 2.91. The third kappa shape index (κ3) is 1.47. The number of nitrogens with one attached hydrogen (secondary N) is 1. The summed E-state index contributed by atoms with van der Waals surface area (Å²) in [5.41, 5.74) is 1.56. The fraction of sp³-hybridized carbons (Fsp3) is 0.167. The molecule has 0 aliphatic carbocycles. The van der Waals surface area contributed by atoms with Gasteiger partial charge in [0.25, 0.3) is 12.4 Å². The minimum Gasteiger partial charge on any atom is -0.429 e. The van der Waals surface area contributed by atoms with Crippen LogP contribution in [0.4, 0.5) is 0 Å². The summed E-state index contributed by atoms with van der Waals surface area (Å²) >= 11 is 0. The first-order chi connectivity index (χ1) is 8.29. The van der Waals surface area contributed by atoms with Crippen molar-refractivity contribution in [2.45, 2.75) is 6.54 Å². The lowest BCUT2D eigenvalue weighted by molar-refractivity contribution is -0.120. The van der Waals surface area contributed by atoms with Crippen LogP contribution >= 0.6 is 0 Å². The summed E-state index contributed by atoms with van der Waals surface area (Å²) in [6, 6.07) is 7.16. The Kier molecular flexibility index (Phi) is 2.11. The molecule has 2 aromatic rings. The van der Waals surface area contributed by atoms with E-state index in [1.807, 2.05) is 16.7 Å². The summed E-state index contributed by atoms with van der Waals surface area (Å²) in [5.74, 6) is 0.421. The van der Waals surface area contributed by atoms with Crippen LogP contribution in [0, 0.1) is 0 Å². The van der Waals surface area contributed by atoms with Gasteiger partial charge in [-0.1, -0.05) is 0 Å². The zero-order valence-electron chi connectivity index (χ0n) is 8.97. The molecule has 3 rings (SSSR count). The molecule has 0 saturated carbocycles. The van der Waals surface area contributed by atoms with Crippen LogP contribution in [-0.4, -0.2) is 23.5 Å². The molecule has 0 radical (unpaired) electrons. The van der Waals surface area contributed by atoms with Gasteiger partial charge in [0, 0.05) is 24.5 Å². The monoisotopic (exact) mass is 230 g/mol. The molecule has 1 N–H and O–H groups in total. The highest BCUT2D eigenvalue weighted by atomic mass is 16.5. The van der Waals surface area contributed by atoms with E-state index in [1.165, 1.54) is 0 Å². The van der Waals surface area contributed by atoms with Crippen molar-refractivity contribution >= 4 is 23.3 Å². The second-order valence-corrected chi connectivity index (χ2v) is 3.87. The van der Waals surface area contributed by atoms with Gasteiger partial charge in [0.05, 0.1) is 5.52 Å². The molecule has 5 heteroatoms. The third-order valence-corrected chi connectivity index (χ3v) is 2.91. The molecular weight excluding hydrogens is 220 g/mol. The van der Waals surface area contributed by atoms with Gasteiger partial charge >= 0.3 is 0 Å². The molecule has 17 heavy (non-hydrogen) atoms. The molecule has 5 nitrogen and oxygen atoms in total. The standard InChI is InChI=1S/C12H10N2O3/c15-7-17-9-2-1-8-5-11-12(16)13-3-4-14(11)10(8)6-9/h1-2,5-7H,3-4H2,(H,13,16). The Balaban J connectivity index is 2.21. The van der Waals surface area contributed by atoms with Crippen molar-refractivity contribution in [3.63, 3.8) is 0 Å². The Morgan fingerprint density at radius 2 is 2.24 bits per heavy atom. The maximum atomic E-state index is 11.6. The summed E-state index contributed by atoms with van der Waals surface area (Å²) in [4.78, 5) is 21.9. The van der Waals surface area contributed by atoms with Gasteiger partial charge in [0.15, 0.2) is 0 Å². The molecule has 1 aromatic heterocycles. The number of ether oxygens (including phenoxy) is 1. The van der Waals surface area contributed by atoms with Crippen molar-refractivity contribution < 1.29 is 14.3 Å². The van der Waals surface area contributed by atoms with Crippen LogP contribution in [0.2, 0.25) is 0 Å². The summed E-state index contributed by atoms with van der Waals surface area (Å²) in [5, 5.41) is 3.76. The van der Waals surface area contributed by atoms with Crippen molar-refractivity contribution in [1.82, 2.24) is 9.88 Å². The Morgan fingerprint density at radius 3 is 3.06 bits per heavy atom. The number of nitrogens with zero attached hydrogens (tertiary/aromatic N) is 1. The van der Waals surface area contributed by atoms with Gasteiger partial charge in [-0.25, -0.2) is 0 Å². The van der Waals surface area contributed by atoms with Gasteiger partial charge in [0.1, 0.15) is 11.4 Å². The summed E-state index contributed by atoms with van der Waals surface area (Å²) in [6.07, 6.45) is 0. The highest BCUT2D eigenvalue weighted by Crippen LogP contribution is 2.25. The number of rotatable bonds is 2. The quantitative estimate of drug-likeness (QED) is 0.780. The Morgan fingerprint density at radius 1 is 1.35 bits per heavy atom. The van der Waals surface area contributed by atoms with Crippen LogP contribution < -0.4 is 10.1 Å². The van der Waals surface area contributed by atoms with E-state index in [9.17, 15) is 9.59 Å². The van der Waals surface area contributed by atoms with Gasteiger partial charge in [-0.2, -0.15) is 0 Å². The van der Waals surface area contributed by atoms with Gasteiger partial charge in [-0.05, 0) is 18.2 Å². The van der Waals surface area contributed by atoms with E-state index in [-0.39, 0.29) is 5.91 Å². The highest BCUT2D eigenvalue weighted by molar-refractivity contribution is 5.99. The van der Waals surface area contributed by atoms with Crippen LogP contribution in [0.5, 0.6) is 5.75 Å². The highest BCUT2D eigenvalue weighted by Gasteiger charge is 2.19. The zero-order chi connectivity index (χ0) is 11.8. The average molecular weight is 230 g/mol. The van der Waals surface area contributed by atoms with Gasteiger partial charge in [-0.15, -0.1) is 0 Å². The number of fused-ring (bicyclic) bond motifs is 3. The summed E-state index contributed by atoms with van der Waals surface area (Å²) in [7, 11) is 0. The van der Waals surface area contributed by atoms with Gasteiger partial charge < -0.3 is 14.6 Å². The van der Waals surface area contributed by atoms with Crippen molar-refractivity contribution in [3.05, 3.63) is 30.0 Å². The van der Waals surface area contributed by atoms with Crippen LogP contribution in [0.1, 0.15) is 10.5 Å². The molecule has 0 atom stereocenters. The second kappa shape index (κ2) is 3.62. The molecule has 0 saturated heterocycles. The maximum absolute atomic E-state index is 11.6. The number of amides is 1. The van der Waals surface area contributed by atoms with Crippen LogP contribution in [-0.2, 0) is 11.3 Å². The van der Waals surface area contributed by atoms with Crippen molar-refractivity contribution in [2.75, 3.05) is 6.54 Å². The lowest BCUT2D eigenvalue weighted by Crippen LogP contribution is -2.34. The van der Waals surface area contributed by atoms with E-state index in [0.29, 0.717) is 24.5 Å². The number of hydrogen-bond acceptors (Lipinski definition) is 3. The molecular formula is C12H10N2O3. The van der Waals surface area contributed by atoms with Crippen LogP contribution in [0.3, 0.4) is 0 Å². The molecule has 1 aliphatic rings. The minimum absolute atomic E-state index is 0.0645. The van der Waals surface area contributed by atoms with E-state index in [4.69, 9.17) is 4.74 Å². The SMILES string of the molecule is O=COc1ccc2cc3n(c2c1)CCNC3=O. The lowest BCUT2D eigenvalue weighted by Gasteiger charge is -2.16. The Labute approximate surface area is 97.0 Å². The number of benzene rings is 1. The fourth-order valence-electron chi connectivity index (χ4n) is 2.16. The van der Waals surface area contributed by atoms with E-state index in [2.05, 4.69) is 5.32 Å². The summed E-state index contributed by atoms with van der Waals surface area (Å²) in [6.45, 7) is 1.75. The number of carbonyl (C=O) groups is 2. The molecule has 0 bridgehead atoms. The predicted octanol–water partition coefficient (Wildman–Crippen LogP) is 0.920. The lowest BCUT2D eigenvalue weighted by atomic mass is 10.2. The molecule has 1 amide bonds. The first-order valence-corrected chi connectivity index (χ1v) is 5.31. The first kappa shape index (κ1) is 9.89. The number of hydrogen-bond donors (Lipinski definition) is 1.